The number of rotatable bonds is 3. The van der Waals surface area contributed by atoms with E-state index in [-0.39, 0.29) is 11.1 Å². The van der Waals surface area contributed by atoms with E-state index in [0.29, 0.717) is 0 Å². The van der Waals surface area contributed by atoms with Crippen LogP contribution in [0.3, 0.4) is 0 Å². The molecule has 1 fully saturated rings. The fourth-order valence-corrected chi connectivity index (χ4v) is 3.18. The molecular weight excluding hydrogens is 380 g/mol. The summed E-state index contributed by atoms with van der Waals surface area (Å²) in [7, 11) is 0. The minimum Gasteiger partial charge on any atom is -0.363 e. The predicted octanol–water partition coefficient (Wildman–Crippen LogP) is 3.24. The fourth-order valence-electron chi connectivity index (χ4n) is 3.18. The number of benzene rings is 2. The number of aliphatic hydroxyl groups is 1. The molecule has 1 saturated heterocycles. The van der Waals surface area contributed by atoms with Crippen LogP contribution in [0.2, 0.25) is 0 Å². The van der Waals surface area contributed by atoms with Crippen LogP contribution in [0.5, 0.6) is 0 Å². The number of Topliss-reactive ketones (excluding diaryl/α,β-unsaturated/α-hetero) is 1. The molecule has 0 saturated carbocycles. The highest BCUT2D eigenvalue weighted by Gasteiger charge is 2.66. The number of carbonyl (C=O) groups excluding carboxylic acids is 2. The zero-order chi connectivity index (χ0) is 20.7. The predicted molar refractivity (Wildman–Crippen MR) is 90.8 cm³/mol. The monoisotopic (exact) mass is 396 g/mol. The van der Waals surface area contributed by atoms with Gasteiger partial charge in [-0.3, -0.25) is 4.79 Å². The second kappa shape index (κ2) is 6.90. The van der Waals surface area contributed by atoms with E-state index in [1.807, 2.05) is 0 Å². The van der Waals surface area contributed by atoms with Gasteiger partial charge in [-0.1, -0.05) is 42.0 Å². The molecule has 0 unspecified atom stereocenters. The molecule has 9 heteroatoms. The van der Waals surface area contributed by atoms with Crippen LogP contribution in [-0.2, 0) is 0 Å². The van der Waals surface area contributed by atoms with Crippen molar-refractivity contribution >= 4 is 11.8 Å². The molecule has 1 aliphatic rings. The van der Waals surface area contributed by atoms with Crippen molar-refractivity contribution in [2.45, 2.75) is 24.9 Å². The van der Waals surface area contributed by atoms with E-state index in [1.54, 1.807) is 19.1 Å². The molecule has 3 rings (SSSR count). The maximum atomic E-state index is 13.7. The lowest BCUT2D eigenvalue weighted by Crippen LogP contribution is -2.72. The number of hydrogen-bond acceptors (Lipinski definition) is 3. The van der Waals surface area contributed by atoms with Crippen LogP contribution in [0.25, 0.3) is 0 Å². The van der Waals surface area contributed by atoms with Gasteiger partial charge in [0.1, 0.15) is 11.7 Å². The smallest absolute Gasteiger partial charge is 0.363 e. The number of amides is 2. The number of halogens is 4. The van der Waals surface area contributed by atoms with E-state index in [4.69, 9.17) is 0 Å². The maximum absolute atomic E-state index is 13.7. The number of ketones is 1. The normalized spacial score (nSPS) is 25.0. The van der Waals surface area contributed by atoms with Gasteiger partial charge in [0.15, 0.2) is 5.78 Å². The number of alkyl halides is 3. The molecule has 2 aromatic carbocycles. The van der Waals surface area contributed by atoms with E-state index < -0.39 is 41.5 Å². The molecule has 148 valence electrons. The number of aryl methyl sites for hydroxylation is 1. The van der Waals surface area contributed by atoms with Crippen LogP contribution in [0.4, 0.5) is 22.4 Å². The van der Waals surface area contributed by atoms with Gasteiger partial charge in [-0.2, -0.15) is 13.2 Å². The molecule has 28 heavy (non-hydrogen) atoms. The average molecular weight is 396 g/mol. The lowest BCUT2D eigenvalue weighted by molar-refractivity contribution is -0.287. The molecule has 5 nitrogen and oxygen atoms in total. The minimum atomic E-state index is -5.34. The molecule has 1 aliphatic heterocycles. The van der Waals surface area contributed by atoms with Crippen molar-refractivity contribution in [3.05, 3.63) is 71.0 Å². The van der Waals surface area contributed by atoms with Crippen molar-refractivity contribution in [3.63, 3.8) is 0 Å². The summed E-state index contributed by atoms with van der Waals surface area (Å²) in [5.74, 6) is -3.81. The molecule has 3 atom stereocenters. The van der Waals surface area contributed by atoms with Crippen molar-refractivity contribution in [2.24, 2.45) is 5.92 Å². The molecule has 0 bridgehead atoms. The Labute approximate surface area is 157 Å². The first-order valence-corrected chi connectivity index (χ1v) is 8.27. The van der Waals surface area contributed by atoms with Crippen molar-refractivity contribution in [1.29, 1.82) is 0 Å². The Morgan fingerprint density at radius 3 is 2.18 bits per heavy atom. The van der Waals surface area contributed by atoms with Crippen LogP contribution in [0, 0.1) is 18.7 Å². The third kappa shape index (κ3) is 3.45. The zero-order valence-electron chi connectivity index (χ0n) is 14.5. The van der Waals surface area contributed by atoms with Gasteiger partial charge >= 0.3 is 12.2 Å². The first-order valence-electron chi connectivity index (χ1n) is 8.27. The number of carbonyl (C=O) groups is 2. The molecule has 1 heterocycles. The molecule has 0 radical (unpaired) electrons. The largest absolute Gasteiger partial charge is 0.437 e. The summed E-state index contributed by atoms with van der Waals surface area (Å²) in [5, 5.41) is 14.1. The van der Waals surface area contributed by atoms with Crippen LogP contribution < -0.4 is 10.6 Å². The number of nitrogens with one attached hydrogen (secondary N) is 2. The first kappa shape index (κ1) is 19.8. The summed E-state index contributed by atoms with van der Waals surface area (Å²) in [6, 6.07) is 7.21. The maximum Gasteiger partial charge on any atom is 0.437 e. The van der Waals surface area contributed by atoms with Gasteiger partial charge in [0.2, 0.25) is 5.72 Å². The molecule has 2 amide bonds. The summed E-state index contributed by atoms with van der Waals surface area (Å²) in [6.07, 6.45) is -5.34. The minimum absolute atomic E-state index is 0.0457. The van der Waals surface area contributed by atoms with Gasteiger partial charge in [0, 0.05) is 5.56 Å². The van der Waals surface area contributed by atoms with Crippen LogP contribution in [-0.4, -0.2) is 28.8 Å². The van der Waals surface area contributed by atoms with Gasteiger partial charge in [0.25, 0.3) is 0 Å². The van der Waals surface area contributed by atoms with Crippen molar-refractivity contribution in [3.8, 4) is 0 Å². The average Bonchev–Trinajstić information content (AvgIpc) is 2.61. The van der Waals surface area contributed by atoms with Crippen molar-refractivity contribution in [2.75, 3.05) is 0 Å². The molecule has 0 spiro atoms. The summed E-state index contributed by atoms with van der Waals surface area (Å²) >= 11 is 0. The Bertz CT molecular complexity index is 897. The van der Waals surface area contributed by atoms with Gasteiger partial charge in [-0.05, 0) is 24.6 Å². The molecule has 0 aliphatic carbocycles. The SMILES string of the molecule is Cc1ccc(C(=O)[C@@H]2[C@H](c3ccc(F)cc3)NC(=O)N[C@@]2(O)C(F)(F)F)cc1. The van der Waals surface area contributed by atoms with Crippen LogP contribution >= 0.6 is 0 Å². The Hall–Kier alpha value is -2.94. The second-order valence-electron chi connectivity index (χ2n) is 6.60. The van der Waals surface area contributed by atoms with Crippen LogP contribution in [0.15, 0.2) is 48.5 Å². The lowest BCUT2D eigenvalue weighted by Gasteiger charge is -2.45. The summed E-state index contributed by atoms with van der Waals surface area (Å²) in [5.41, 5.74) is -3.04. The zero-order valence-corrected chi connectivity index (χ0v) is 14.5. The van der Waals surface area contributed by atoms with E-state index >= 15 is 0 Å². The number of hydrogen-bond donors (Lipinski definition) is 3. The number of urea groups is 1. The summed E-state index contributed by atoms with van der Waals surface area (Å²) in [6.45, 7) is 1.74. The van der Waals surface area contributed by atoms with E-state index in [1.165, 1.54) is 17.4 Å². The van der Waals surface area contributed by atoms with Gasteiger partial charge in [0.05, 0.1) is 6.04 Å². The Balaban J connectivity index is 2.15. The van der Waals surface area contributed by atoms with E-state index in [0.717, 1.165) is 29.8 Å². The third-order valence-corrected chi connectivity index (χ3v) is 4.65. The summed E-state index contributed by atoms with van der Waals surface area (Å²) < 4.78 is 54.4. The Kier molecular flexibility index (Phi) is 4.88. The Morgan fingerprint density at radius 2 is 1.64 bits per heavy atom. The van der Waals surface area contributed by atoms with Crippen molar-refractivity contribution in [1.82, 2.24) is 10.6 Å². The topological polar surface area (TPSA) is 78.4 Å². The summed E-state index contributed by atoms with van der Waals surface area (Å²) in [4.78, 5) is 24.9. The molecule has 2 aromatic rings. The van der Waals surface area contributed by atoms with E-state index in [9.17, 15) is 32.3 Å². The van der Waals surface area contributed by atoms with Gasteiger partial charge < -0.3 is 15.7 Å². The quantitative estimate of drug-likeness (QED) is 0.551. The standard InChI is InChI=1S/C19H16F4N2O3/c1-10-2-4-12(5-3-10)16(26)14-15(11-6-8-13(20)9-7-11)24-17(27)25-18(14,28)19(21,22)23/h2-9,14-15,28H,1H3,(H2,24,25,27)/t14-,15-,18-/m0/s1. The fraction of sp³-hybridized carbons (Fsp3) is 0.263. The highest BCUT2D eigenvalue weighted by atomic mass is 19.4. The third-order valence-electron chi connectivity index (χ3n) is 4.65. The van der Waals surface area contributed by atoms with Crippen molar-refractivity contribution < 1.29 is 32.3 Å². The first-order chi connectivity index (χ1) is 13.0. The molecule has 0 aromatic heterocycles. The molecule has 3 N–H and O–H groups in total. The molecular formula is C19H16F4N2O3. The lowest BCUT2D eigenvalue weighted by atomic mass is 9.77. The Morgan fingerprint density at radius 1 is 1.07 bits per heavy atom. The highest BCUT2D eigenvalue weighted by molar-refractivity contribution is 6.00. The second-order valence-corrected chi connectivity index (χ2v) is 6.60. The van der Waals surface area contributed by atoms with Gasteiger partial charge in [-0.15, -0.1) is 0 Å². The van der Waals surface area contributed by atoms with Crippen LogP contribution in [0.1, 0.15) is 27.5 Å². The van der Waals surface area contributed by atoms with E-state index in [2.05, 4.69) is 5.32 Å². The van der Waals surface area contributed by atoms with Gasteiger partial charge in [-0.25, -0.2) is 9.18 Å². The highest BCUT2D eigenvalue weighted by Crippen LogP contribution is 2.43.